The summed E-state index contributed by atoms with van der Waals surface area (Å²) >= 11 is 0. The van der Waals surface area contributed by atoms with Crippen molar-refractivity contribution in [3.8, 4) is 5.88 Å². The maximum absolute atomic E-state index is 5.55. The van der Waals surface area contributed by atoms with Gasteiger partial charge < -0.3 is 15.0 Å². The summed E-state index contributed by atoms with van der Waals surface area (Å²) < 4.78 is 5.55. The quantitative estimate of drug-likeness (QED) is 0.827. The van der Waals surface area contributed by atoms with E-state index in [1.165, 1.54) is 12.8 Å². The first-order valence-corrected chi connectivity index (χ1v) is 7.74. The van der Waals surface area contributed by atoms with E-state index < -0.39 is 0 Å². The first kappa shape index (κ1) is 15.0. The molecule has 112 valence electrons. The van der Waals surface area contributed by atoms with E-state index >= 15 is 0 Å². The number of anilines is 1. The predicted molar refractivity (Wildman–Crippen MR) is 81.3 cm³/mol. The molecule has 1 aromatic rings. The van der Waals surface area contributed by atoms with Crippen LogP contribution in [0.4, 0.5) is 5.82 Å². The molecule has 2 rings (SSSR count). The lowest BCUT2D eigenvalue weighted by molar-refractivity contribution is 0.303. The van der Waals surface area contributed by atoms with Gasteiger partial charge in [0.15, 0.2) is 5.82 Å². The highest BCUT2D eigenvalue weighted by Crippen LogP contribution is 2.22. The Balaban J connectivity index is 1.86. The lowest BCUT2D eigenvalue weighted by Crippen LogP contribution is -2.37. The molecule has 0 atom stereocenters. The van der Waals surface area contributed by atoms with Gasteiger partial charge >= 0.3 is 0 Å². The first-order chi connectivity index (χ1) is 9.83. The molecular formula is C15H26N4O. The molecule has 0 aliphatic carbocycles. The number of aromatic nitrogens is 2. The molecule has 0 aromatic carbocycles. The molecule has 0 spiro atoms. The third-order valence-corrected chi connectivity index (χ3v) is 3.68. The molecular weight excluding hydrogens is 252 g/mol. The molecule has 2 heterocycles. The van der Waals surface area contributed by atoms with Gasteiger partial charge in [-0.2, -0.15) is 4.98 Å². The molecule has 1 saturated heterocycles. The van der Waals surface area contributed by atoms with Crippen LogP contribution in [0, 0.1) is 5.92 Å². The van der Waals surface area contributed by atoms with Crippen molar-refractivity contribution in [1.82, 2.24) is 15.3 Å². The van der Waals surface area contributed by atoms with Crippen molar-refractivity contribution in [2.45, 2.75) is 33.1 Å². The second-order valence-electron chi connectivity index (χ2n) is 5.30. The summed E-state index contributed by atoms with van der Waals surface area (Å²) in [5, 5.41) is 3.44. The van der Waals surface area contributed by atoms with E-state index in [4.69, 9.17) is 4.74 Å². The van der Waals surface area contributed by atoms with Gasteiger partial charge in [-0.15, -0.1) is 0 Å². The second-order valence-corrected chi connectivity index (χ2v) is 5.30. The number of nitrogens with one attached hydrogen (secondary N) is 1. The number of ether oxygens (including phenoxy) is 1. The Morgan fingerprint density at radius 1 is 1.30 bits per heavy atom. The fourth-order valence-corrected chi connectivity index (χ4v) is 2.48. The van der Waals surface area contributed by atoms with Gasteiger partial charge in [0.1, 0.15) is 0 Å². The molecule has 1 aromatic heterocycles. The van der Waals surface area contributed by atoms with E-state index in [1.54, 1.807) is 6.20 Å². The summed E-state index contributed by atoms with van der Waals surface area (Å²) in [6.07, 6.45) is 6.95. The molecule has 5 heteroatoms. The predicted octanol–water partition coefficient (Wildman–Crippen LogP) is 2.09. The number of nitrogens with zero attached hydrogens (tertiary/aromatic N) is 3. The van der Waals surface area contributed by atoms with Crippen LogP contribution in [0.15, 0.2) is 12.4 Å². The molecule has 1 aliphatic rings. The summed E-state index contributed by atoms with van der Waals surface area (Å²) in [4.78, 5) is 11.1. The fourth-order valence-electron chi connectivity index (χ4n) is 2.48. The highest BCUT2D eigenvalue weighted by Gasteiger charge is 2.20. The third-order valence-electron chi connectivity index (χ3n) is 3.68. The van der Waals surface area contributed by atoms with E-state index in [-0.39, 0.29) is 0 Å². The number of piperidine rings is 1. The topological polar surface area (TPSA) is 50.3 Å². The SMILES string of the molecule is CCCOc1cncc(N2CCC(CNCC)CC2)n1. The van der Waals surface area contributed by atoms with Gasteiger partial charge in [0.2, 0.25) is 5.88 Å². The Bertz CT molecular complexity index is 391. The lowest BCUT2D eigenvalue weighted by atomic mass is 9.97. The van der Waals surface area contributed by atoms with Crippen LogP contribution in [0.5, 0.6) is 5.88 Å². The van der Waals surface area contributed by atoms with Crippen molar-refractivity contribution >= 4 is 5.82 Å². The molecule has 5 nitrogen and oxygen atoms in total. The van der Waals surface area contributed by atoms with Crippen molar-refractivity contribution in [3.63, 3.8) is 0 Å². The zero-order valence-electron chi connectivity index (χ0n) is 12.6. The van der Waals surface area contributed by atoms with Crippen LogP contribution in [0.1, 0.15) is 33.1 Å². The van der Waals surface area contributed by atoms with E-state index in [0.29, 0.717) is 12.5 Å². The summed E-state index contributed by atoms with van der Waals surface area (Å²) in [6, 6.07) is 0. The zero-order chi connectivity index (χ0) is 14.2. The monoisotopic (exact) mass is 278 g/mol. The average Bonchev–Trinajstić information content (AvgIpc) is 2.52. The maximum Gasteiger partial charge on any atom is 0.234 e. The van der Waals surface area contributed by atoms with Gasteiger partial charge in [0.05, 0.1) is 19.0 Å². The van der Waals surface area contributed by atoms with Gasteiger partial charge in [0.25, 0.3) is 0 Å². The van der Waals surface area contributed by atoms with Crippen LogP contribution < -0.4 is 15.0 Å². The van der Waals surface area contributed by atoms with Gasteiger partial charge in [-0.3, -0.25) is 4.98 Å². The summed E-state index contributed by atoms with van der Waals surface area (Å²) in [7, 11) is 0. The molecule has 20 heavy (non-hydrogen) atoms. The Kier molecular flexibility index (Phi) is 6.05. The number of rotatable bonds is 7. The van der Waals surface area contributed by atoms with Crippen molar-refractivity contribution < 1.29 is 4.74 Å². The summed E-state index contributed by atoms with van der Waals surface area (Å²) in [5.41, 5.74) is 0. The van der Waals surface area contributed by atoms with E-state index in [9.17, 15) is 0 Å². The third kappa shape index (κ3) is 4.34. The average molecular weight is 278 g/mol. The Morgan fingerprint density at radius 3 is 2.80 bits per heavy atom. The standard InChI is InChI=1S/C15H26N4O/c1-3-9-20-15-12-17-11-14(18-15)19-7-5-13(6-8-19)10-16-4-2/h11-13,16H,3-10H2,1-2H3. The Morgan fingerprint density at radius 2 is 2.10 bits per heavy atom. The minimum absolute atomic E-state index is 0.638. The van der Waals surface area contributed by atoms with Crippen LogP contribution >= 0.6 is 0 Å². The van der Waals surface area contributed by atoms with Crippen LogP contribution in [0.25, 0.3) is 0 Å². The molecule has 1 fully saturated rings. The van der Waals surface area contributed by atoms with Gasteiger partial charge in [-0.1, -0.05) is 13.8 Å². The highest BCUT2D eigenvalue weighted by atomic mass is 16.5. The Labute approximate surface area is 121 Å². The minimum Gasteiger partial charge on any atom is -0.477 e. The molecule has 1 aliphatic heterocycles. The van der Waals surface area contributed by atoms with Gasteiger partial charge in [-0.25, -0.2) is 0 Å². The molecule has 0 bridgehead atoms. The summed E-state index contributed by atoms with van der Waals surface area (Å²) in [6.45, 7) is 9.25. The van der Waals surface area contributed by atoms with Crippen LogP contribution in [-0.4, -0.2) is 42.8 Å². The molecule has 0 saturated carbocycles. The Hall–Kier alpha value is -1.36. The number of hydrogen-bond donors (Lipinski definition) is 1. The second kappa shape index (κ2) is 8.04. The smallest absolute Gasteiger partial charge is 0.234 e. The van der Waals surface area contributed by atoms with E-state index in [0.717, 1.165) is 44.3 Å². The highest BCUT2D eigenvalue weighted by molar-refractivity contribution is 5.37. The van der Waals surface area contributed by atoms with Crippen LogP contribution in [-0.2, 0) is 0 Å². The minimum atomic E-state index is 0.638. The van der Waals surface area contributed by atoms with Gasteiger partial charge in [0, 0.05) is 13.1 Å². The van der Waals surface area contributed by atoms with Crippen LogP contribution in [0.2, 0.25) is 0 Å². The van der Waals surface area contributed by atoms with E-state index in [2.05, 4.69) is 34.0 Å². The van der Waals surface area contributed by atoms with Gasteiger partial charge in [-0.05, 0) is 38.3 Å². The largest absolute Gasteiger partial charge is 0.477 e. The molecule has 0 radical (unpaired) electrons. The van der Waals surface area contributed by atoms with E-state index in [1.807, 2.05) is 6.20 Å². The molecule has 0 unspecified atom stereocenters. The normalized spacial score (nSPS) is 16.4. The molecule has 1 N–H and O–H groups in total. The van der Waals surface area contributed by atoms with Crippen molar-refractivity contribution in [2.75, 3.05) is 37.7 Å². The number of hydrogen-bond acceptors (Lipinski definition) is 5. The van der Waals surface area contributed by atoms with Crippen molar-refractivity contribution in [1.29, 1.82) is 0 Å². The van der Waals surface area contributed by atoms with Crippen molar-refractivity contribution in [3.05, 3.63) is 12.4 Å². The van der Waals surface area contributed by atoms with Crippen molar-refractivity contribution in [2.24, 2.45) is 5.92 Å². The van der Waals surface area contributed by atoms with Crippen LogP contribution in [0.3, 0.4) is 0 Å². The zero-order valence-corrected chi connectivity index (χ0v) is 12.6. The lowest BCUT2D eigenvalue weighted by Gasteiger charge is -2.32. The summed E-state index contributed by atoms with van der Waals surface area (Å²) in [5.74, 6) is 2.37. The fraction of sp³-hybridized carbons (Fsp3) is 0.733. The first-order valence-electron chi connectivity index (χ1n) is 7.74. The maximum atomic E-state index is 5.55. The molecule has 0 amide bonds.